The van der Waals surface area contributed by atoms with Crippen molar-refractivity contribution in [1.82, 2.24) is 5.32 Å². The van der Waals surface area contributed by atoms with Gasteiger partial charge in [-0.05, 0) is 54.7 Å². The SMILES string of the molecule is CCc1ccc(O[C@@H](CC)C(=O)N[C@@H](CC)c2ccc(OC)cc2)cc1. The number of rotatable bonds is 9. The molecule has 0 aliphatic rings. The third-order valence-corrected chi connectivity index (χ3v) is 4.52. The second kappa shape index (κ2) is 9.85. The molecule has 140 valence electrons. The minimum atomic E-state index is -0.505. The zero-order valence-electron chi connectivity index (χ0n) is 16.1. The number of ether oxygens (including phenoxy) is 2. The lowest BCUT2D eigenvalue weighted by molar-refractivity contribution is -0.128. The Labute approximate surface area is 156 Å². The van der Waals surface area contributed by atoms with Gasteiger partial charge in [0.25, 0.3) is 5.91 Å². The lowest BCUT2D eigenvalue weighted by atomic mass is 10.0. The van der Waals surface area contributed by atoms with Gasteiger partial charge < -0.3 is 14.8 Å². The number of carbonyl (C=O) groups excluding carboxylic acids is 1. The van der Waals surface area contributed by atoms with Gasteiger partial charge in [0.2, 0.25) is 0 Å². The van der Waals surface area contributed by atoms with Crippen LogP contribution in [0, 0.1) is 0 Å². The molecule has 0 saturated heterocycles. The smallest absolute Gasteiger partial charge is 0.261 e. The maximum absolute atomic E-state index is 12.7. The van der Waals surface area contributed by atoms with E-state index in [-0.39, 0.29) is 11.9 Å². The summed E-state index contributed by atoms with van der Waals surface area (Å²) in [6.07, 6.45) is 1.90. The summed E-state index contributed by atoms with van der Waals surface area (Å²) >= 11 is 0. The molecule has 1 amide bonds. The Kier molecular flexibility index (Phi) is 7.52. The molecular formula is C22H29NO3. The molecule has 1 N–H and O–H groups in total. The number of methoxy groups -OCH3 is 1. The highest BCUT2D eigenvalue weighted by molar-refractivity contribution is 5.81. The molecule has 0 radical (unpaired) electrons. The number of hydrogen-bond acceptors (Lipinski definition) is 3. The van der Waals surface area contributed by atoms with E-state index in [2.05, 4.69) is 19.2 Å². The first kappa shape index (κ1) is 19.8. The number of hydrogen-bond donors (Lipinski definition) is 1. The van der Waals surface area contributed by atoms with Crippen molar-refractivity contribution in [2.45, 2.75) is 52.2 Å². The fraction of sp³-hybridized carbons (Fsp3) is 0.409. The van der Waals surface area contributed by atoms with Gasteiger partial charge in [0.05, 0.1) is 13.2 Å². The minimum absolute atomic E-state index is 0.0477. The number of nitrogens with one attached hydrogen (secondary N) is 1. The van der Waals surface area contributed by atoms with Crippen LogP contribution >= 0.6 is 0 Å². The Balaban J connectivity index is 2.03. The van der Waals surface area contributed by atoms with E-state index in [1.54, 1.807) is 7.11 Å². The van der Waals surface area contributed by atoms with Gasteiger partial charge in [0.15, 0.2) is 6.10 Å². The summed E-state index contributed by atoms with van der Waals surface area (Å²) in [5, 5.41) is 3.11. The predicted octanol–water partition coefficient (Wildman–Crippen LogP) is 4.68. The topological polar surface area (TPSA) is 47.6 Å². The van der Waals surface area contributed by atoms with Crippen LogP contribution < -0.4 is 14.8 Å². The molecule has 0 spiro atoms. The lowest BCUT2D eigenvalue weighted by Crippen LogP contribution is -2.39. The standard InChI is InChI=1S/C22H29NO3/c1-5-16-8-12-19(13-9-16)26-21(7-3)22(24)23-20(6-2)17-10-14-18(25-4)15-11-17/h8-15,20-21H,5-7H2,1-4H3,(H,23,24)/t20-,21-/m0/s1. The zero-order valence-corrected chi connectivity index (χ0v) is 16.1. The van der Waals surface area contributed by atoms with Crippen LogP contribution in [0.25, 0.3) is 0 Å². The van der Waals surface area contributed by atoms with Gasteiger partial charge in [-0.3, -0.25) is 4.79 Å². The highest BCUT2D eigenvalue weighted by atomic mass is 16.5. The van der Waals surface area contributed by atoms with Crippen LogP contribution in [-0.4, -0.2) is 19.1 Å². The van der Waals surface area contributed by atoms with E-state index >= 15 is 0 Å². The van der Waals surface area contributed by atoms with Gasteiger partial charge in [-0.1, -0.05) is 45.0 Å². The average Bonchev–Trinajstić information content (AvgIpc) is 2.70. The monoisotopic (exact) mass is 355 g/mol. The molecule has 0 aromatic heterocycles. The van der Waals surface area contributed by atoms with Crippen molar-refractivity contribution < 1.29 is 14.3 Å². The Hall–Kier alpha value is -2.49. The molecule has 0 fully saturated rings. The summed E-state index contributed by atoms with van der Waals surface area (Å²) in [4.78, 5) is 12.7. The maximum atomic E-state index is 12.7. The van der Waals surface area contributed by atoms with E-state index in [1.807, 2.05) is 55.5 Å². The fourth-order valence-electron chi connectivity index (χ4n) is 2.81. The summed E-state index contributed by atoms with van der Waals surface area (Å²) in [5.74, 6) is 1.44. The average molecular weight is 355 g/mol. The molecule has 2 aromatic carbocycles. The molecule has 0 bridgehead atoms. The molecule has 0 saturated carbocycles. The van der Waals surface area contributed by atoms with Gasteiger partial charge >= 0.3 is 0 Å². The molecule has 2 atom stereocenters. The van der Waals surface area contributed by atoms with Crippen molar-refractivity contribution >= 4 is 5.91 Å². The normalized spacial score (nSPS) is 12.9. The summed E-state index contributed by atoms with van der Waals surface area (Å²) in [5.41, 5.74) is 2.31. The molecule has 26 heavy (non-hydrogen) atoms. The largest absolute Gasteiger partial charge is 0.497 e. The van der Waals surface area contributed by atoms with E-state index in [0.29, 0.717) is 6.42 Å². The molecule has 0 unspecified atom stereocenters. The number of benzene rings is 2. The van der Waals surface area contributed by atoms with Crippen LogP contribution in [0.15, 0.2) is 48.5 Å². The highest BCUT2D eigenvalue weighted by Gasteiger charge is 2.22. The molecule has 0 aliphatic carbocycles. The molecule has 0 heterocycles. The van der Waals surface area contributed by atoms with Crippen molar-refractivity contribution in [2.75, 3.05) is 7.11 Å². The van der Waals surface area contributed by atoms with Crippen molar-refractivity contribution in [3.63, 3.8) is 0 Å². The van der Waals surface area contributed by atoms with Crippen molar-refractivity contribution in [3.8, 4) is 11.5 Å². The van der Waals surface area contributed by atoms with E-state index in [0.717, 1.165) is 29.9 Å². The van der Waals surface area contributed by atoms with Crippen LogP contribution in [0.1, 0.15) is 50.8 Å². The summed E-state index contributed by atoms with van der Waals surface area (Å²) < 4.78 is 11.1. The van der Waals surface area contributed by atoms with E-state index in [4.69, 9.17) is 9.47 Å². The minimum Gasteiger partial charge on any atom is -0.497 e. The quantitative estimate of drug-likeness (QED) is 0.710. The summed E-state index contributed by atoms with van der Waals surface area (Å²) in [7, 11) is 1.64. The van der Waals surface area contributed by atoms with Gasteiger partial charge in [-0.2, -0.15) is 0 Å². The van der Waals surface area contributed by atoms with Crippen LogP contribution in [0.5, 0.6) is 11.5 Å². The van der Waals surface area contributed by atoms with Crippen LogP contribution in [0.3, 0.4) is 0 Å². The van der Waals surface area contributed by atoms with Gasteiger partial charge in [-0.15, -0.1) is 0 Å². The van der Waals surface area contributed by atoms with E-state index in [1.165, 1.54) is 5.56 Å². The maximum Gasteiger partial charge on any atom is 0.261 e. The molecule has 2 rings (SSSR count). The van der Waals surface area contributed by atoms with Crippen LogP contribution in [0.4, 0.5) is 0 Å². The molecule has 4 nitrogen and oxygen atoms in total. The second-order valence-corrected chi connectivity index (χ2v) is 6.25. The van der Waals surface area contributed by atoms with Gasteiger partial charge in [0.1, 0.15) is 11.5 Å². The molecule has 0 aliphatic heterocycles. The first-order valence-corrected chi connectivity index (χ1v) is 9.31. The van der Waals surface area contributed by atoms with Crippen molar-refractivity contribution in [1.29, 1.82) is 0 Å². The highest BCUT2D eigenvalue weighted by Crippen LogP contribution is 2.21. The van der Waals surface area contributed by atoms with E-state index < -0.39 is 6.10 Å². The third-order valence-electron chi connectivity index (χ3n) is 4.52. The number of aryl methyl sites for hydroxylation is 1. The fourth-order valence-corrected chi connectivity index (χ4v) is 2.81. The van der Waals surface area contributed by atoms with Gasteiger partial charge in [-0.25, -0.2) is 0 Å². The first-order chi connectivity index (χ1) is 12.6. The van der Waals surface area contributed by atoms with Crippen LogP contribution in [0.2, 0.25) is 0 Å². The second-order valence-electron chi connectivity index (χ2n) is 6.25. The van der Waals surface area contributed by atoms with Crippen molar-refractivity contribution in [2.24, 2.45) is 0 Å². The number of amides is 1. The lowest BCUT2D eigenvalue weighted by Gasteiger charge is -2.22. The predicted molar refractivity (Wildman–Crippen MR) is 105 cm³/mol. The van der Waals surface area contributed by atoms with E-state index in [9.17, 15) is 4.79 Å². The summed E-state index contributed by atoms with van der Waals surface area (Å²) in [6, 6.07) is 15.7. The third kappa shape index (κ3) is 5.25. The Morgan fingerprint density at radius 3 is 2.04 bits per heavy atom. The van der Waals surface area contributed by atoms with Crippen LogP contribution in [-0.2, 0) is 11.2 Å². The Morgan fingerprint density at radius 1 is 0.923 bits per heavy atom. The summed E-state index contributed by atoms with van der Waals surface area (Å²) in [6.45, 7) is 6.13. The molecule has 4 heteroatoms. The zero-order chi connectivity index (χ0) is 18.9. The first-order valence-electron chi connectivity index (χ1n) is 9.31. The Bertz CT molecular complexity index is 680. The van der Waals surface area contributed by atoms with Gasteiger partial charge in [0, 0.05) is 0 Å². The van der Waals surface area contributed by atoms with Crippen molar-refractivity contribution in [3.05, 3.63) is 59.7 Å². The Morgan fingerprint density at radius 2 is 1.54 bits per heavy atom. The molecule has 2 aromatic rings. The molecular weight excluding hydrogens is 326 g/mol. The number of carbonyl (C=O) groups is 1.